The van der Waals surface area contributed by atoms with Crippen molar-refractivity contribution < 1.29 is 4.52 Å². The fourth-order valence-corrected chi connectivity index (χ4v) is 1.22. The summed E-state index contributed by atoms with van der Waals surface area (Å²) in [5, 5.41) is 4.26. The van der Waals surface area contributed by atoms with E-state index in [1.165, 1.54) is 0 Å². The molecule has 0 aliphatic carbocycles. The number of rotatable bonds is 1. The first-order valence-corrected chi connectivity index (χ1v) is 3.97. The first kappa shape index (κ1) is 8.07. The topological polar surface area (TPSA) is 64.9 Å². The average molecular weight is 196 g/mol. The van der Waals surface area contributed by atoms with Crippen molar-refractivity contribution in [2.75, 3.05) is 5.73 Å². The molecule has 0 unspecified atom stereocenters. The van der Waals surface area contributed by atoms with Gasteiger partial charge in [0.1, 0.15) is 5.69 Å². The van der Waals surface area contributed by atoms with Crippen LogP contribution < -0.4 is 5.73 Å². The number of pyridine rings is 1. The van der Waals surface area contributed by atoms with E-state index in [0.717, 1.165) is 5.56 Å². The van der Waals surface area contributed by atoms with Crippen LogP contribution in [0.5, 0.6) is 0 Å². The predicted octanol–water partition coefficient (Wildman–Crippen LogP) is 1.97. The molecule has 2 aromatic rings. The Hall–Kier alpha value is -1.55. The van der Waals surface area contributed by atoms with Crippen molar-refractivity contribution in [1.82, 2.24) is 10.1 Å². The molecule has 0 radical (unpaired) electrons. The molecule has 2 heterocycles. The van der Waals surface area contributed by atoms with Crippen LogP contribution in [0.15, 0.2) is 29.0 Å². The Labute approximate surface area is 79.3 Å². The predicted molar refractivity (Wildman–Crippen MR) is 49.2 cm³/mol. The highest BCUT2D eigenvalue weighted by molar-refractivity contribution is 6.33. The lowest BCUT2D eigenvalue weighted by Gasteiger charge is -1.95. The quantitative estimate of drug-likeness (QED) is 0.756. The van der Waals surface area contributed by atoms with Crippen LogP contribution in [0.3, 0.4) is 0 Å². The maximum atomic E-state index is 5.88. The van der Waals surface area contributed by atoms with E-state index < -0.39 is 0 Å². The van der Waals surface area contributed by atoms with E-state index in [0.29, 0.717) is 10.7 Å². The normalized spacial score (nSPS) is 10.2. The summed E-state index contributed by atoms with van der Waals surface area (Å²) in [6.45, 7) is 0. The van der Waals surface area contributed by atoms with Crippen LogP contribution in [-0.4, -0.2) is 10.1 Å². The van der Waals surface area contributed by atoms with Gasteiger partial charge in [0.25, 0.3) is 0 Å². The van der Waals surface area contributed by atoms with Crippen LogP contribution >= 0.6 is 11.6 Å². The minimum atomic E-state index is 0.267. The van der Waals surface area contributed by atoms with Crippen LogP contribution in [0, 0.1) is 0 Å². The van der Waals surface area contributed by atoms with Gasteiger partial charge < -0.3 is 10.3 Å². The molecule has 0 spiro atoms. The molecule has 2 aromatic heterocycles. The molecule has 0 fully saturated rings. The molecule has 2 N–H and O–H groups in total. The summed E-state index contributed by atoms with van der Waals surface area (Å²) in [6, 6.07) is 3.36. The van der Waals surface area contributed by atoms with Crippen molar-refractivity contribution >= 4 is 17.5 Å². The van der Waals surface area contributed by atoms with Crippen molar-refractivity contribution in [3.05, 3.63) is 29.5 Å². The Kier molecular flexibility index (Phi) is 1.90. The number of halogens is 1. The Morgan fingerprint density at radius 2 is 2.31 bits per heavy atom. The fraction of sp³-hybridized carbons (Fsp3) is 0. The molecule has 2 rings (SSSR count). The second-order valence-electron chi connectivity index (χ2n) is 2.47. The van der Waals surface area contributed by atoms with Crippen LogP contribution in [0.2, 0.25) is 5.02 Å². The third-order valence-electron chi connectivity index (χ3n) is 1.58. The van der Waals surface area contributed by atoms with Crippen molar-refractivity contribution in [3.8, 4) is 11.3 Å². The molecule has 13 heavy (non-hydrogen) atoms. The van der Waals surface area contributed by atoms with Gasteiger partial charge in [-0.1, -0.05) is 16.8 Å². The Bertz CT molecular complexity index is 427. The van der Waals surface area contributed by atoms with Gasteiger partial charge in [-0.05, 0) is 6.07 Å². The summed E-state index contributed by atoms with van der Waals surface area (Å²) in [7, 11) is 0. The highest BCUT2D eigenvalue weighted by atomic mass is 35.5. The summed E-state index contributed by atoms with van der Waals surface area (Å²) in [5.74, 6) is 0.267. The zero-order valence-corrected chi connectivity index (χ0v) is 7.32. The van der Waals surface area contributed by atoms with Gasteiger partial charge in [0.15, 0.2) is 0 Å². The smallest absolute Gasteiger partial charge is 0.222 e. The van der Waals surface area contributed by atoms with Gasteiger partial charge in [-0.3, -0.25) is 4.98 Å². The molecule has 0 saturated carbocycles. The largest absolute Gasteiger partial charge is 0.368 e. The summed E-state index contributed by atoms with van der Waals surface area (Å²) < 4.78 is 4.72. The molecule has 0 aliphatic rings. The number of anilines is 1. The lowest BCUT2D eigenvalue weighted by Crippen LogP contribution is -1.80. The summed E-state index contributed by atoms with van der Waals surface area (Å²) in [4.78, 5) is 3.86. The molecule has 4 nitrogen and oxygen atoms in total. The van der Waals surface area contributed by atoms with E-state index in [4.69, 9.17) is 21.9 Å². The average Bonchev–Trinajstić information content (AvgIpc) is 2.53. The molecule has 66 valence electrons. The first-order valence-electron chi connectivity index (χ1n) is 3.59. The second-order valence-corrected chi connectivity index (χ2v) is 2.88. The monoisotopic (exact) mass is 195 g/mol. The number of nitrogens with zero attached hydrogens (tertiary/aromatic N) is 2. The number of aromatic nitrogens is 2. The first-order chi connectivity index (χ1) is 6.27. The molecule has 0 bridgehead atoms. The third-order valence-corrected chi connectivity index (χ3v) is 1.88. The van der Waals surface area contributed by atoms with Crippen molar-refractivity contribution in [2.45, 2.75) is 0 Å². The van der Waals surface area contributed by atoms with E-state index in [1.54, 1.807) is 24.5 Å². The summed E-state index contributed by atoms with van der Waals surface area (Å²) in [6.07, 6.45) is 3.17. The Morgan fingerprint density at radius 3 is 2.92 bits per heavy atom. The molecule has 5 heteroatoms. The SMILES string of the molecule is Nc1cc(-c2ccncc2Cl)no1. The van der Waals surface area contributed by atoms with Crippen molar-refractivity contribution in [3.63, 3.8) is 0 Å². The van der Waals surface area contributed by atoms with Gasteiger partial charge >= 0.3 is 0 Å². The number of nitrogens with two attached hydrogens (primary N) is 1. The minimum absolute atomic E-state index is 0.267. The molecule has 0 aliphatic heterocycles. The zero-order chi connectivity index (χ0) is 9.26. The van der Waals surface area contributed by atoms with Crippen LogP contribution in [0.25, 0.3) is 11.3 Å². The number of hydrogen-bond donors (Lipinski definition) is 1. The Balaban J connectivity index is 2.52. The molecular formula is C8H6ClN3O. The molecule has 0 amide bonds. The van der Waals surface area contributed by atoms with Crippen LogP contribution in [-0.2, 0) is 0 Å². The molecular weight excluding hydrogens is 190 g/mol. The third kappa shape index (κ3) is 1.48. The van der Waals surface area contributed by atoms with E-state index >= 15 is 0 Å². The highest BCUT2D eigenvalue weighted by Crippen LogP contribution is 2.26. The fourth-order valence-electron chi connectivity index (χ4n) is 0.999. The Morgan fingerprint density at radius 1 is 1.46 bits per heavy atom. The zero-order valence-electron chi connectivity index (χ0n) is 6.57. The highest BCUT2D eigenvalue weighted by Gasteiger charge is 2.07. The maximum absolute atomic E-state index is 5.88. The van der Waals surface area contributed by atoms with Gasteiger partial charge in [0.05, 0.1) is 5.02 Å². The standard InChI is InChI=1S/C8H6ClN3O/c9-6-4-11-2-1-5(6)7-3-8(10)13-12-7/h1-4H,10H2. The second kappa shape index (κ2) is 3.06. The number of nitrogen functional groups attached to an aromatic ring is 1. The van der Waals surface area contributed by atoms with Crippen LogP contribution in [0.1, 0.15) is 0 Å². The van der Waals surface area contributed by atoms with Crippen molar-refractivity contribution in [2.24, 2.45) is 0 Å². The molecule has 0 aromatic carbocycles. The summed E-state index contributed by atoms with van der Waals surface area (Å²) >= 11 is 5.88. The van der Waals surface area contributed by atoms with Crippen LogP contribution in [0.4, 0.5) is 5.88 Å². The number of hydrogen-bond acceptors (Lipinski definition) is 4. The van der Waals surface area contributed by atoms with E-state index in [-0.39, 0.29) is 5.88 Å². The summed E-state index contributed by atoms with van der Waals surface area (Å²) in [5.41, 5.74) is 6.76. The molecule has 0 atom stereocenters. The van der Waals surface area contributed by atoms with Gasteiger partial charge in [-0.2, -0.15) is 0 Å². The minimum Gasteiger partial charge on any atom is -0.368 e. The van der Waals surface area contributed by atoms with Gasteiger partial charge in [0.2, 0.25) is 5.88 Å². The van der Waals surface area contributed by atoms with E-state index in [1.807, 2.05) is 0 Å². The van der Waals surface area contributed by atoms with Gasteiger partial charge in [-0.25, -0.2) is 0 Å². The lowest BCUT2D eigenvalue weighted by molar-refractivity contribution is 0.439. The van der Waals surface area contributed by atoms with E-state index in [9.17, 15) is 0 Å². The van der Waals surface area contributed by atoms with E-state index in [2.05, 4.69) is 10.1 Å². The maximum Gasteiger partial charge on any atom is 0.222 e. The van der Waals surface area contributed by atoms with Gasteiger partial charge in [0, 0.05) is 24.0 Å². The molecule has 0 saturated heterocycles. The lowest BCUT2D eigenvalue weighted by atomic mass is 10.2. The van der Waals surface area contributed by atoms with Crippen molar-refractivity contribution in [1.29, 1.82) is 0 Å². The van der Waals surface area contributed by atoms with Gasteiger partial charge in [-0.15, -0.1) is 0 Å².